The summed E-state index contributed by atoms with van der Waals surface area (Å²) in [6, 6.07) is 8.42. The molecule has 1 aromatic carbocycles. The summed E-state index contributed by atoms with van der Waals surface area (Å²) in [6.45, 7) is 8.08. The second-order valence-electron chi connectivity index (χ2n) is 4.78. The lowest BCUT2D eigenvalue weighted by atomic mass is 10.2. The quantitative estimate of drug-likeness (QED) is 0.705. The number of nitrogens with one attached hydrogen (secondary N) is 1. The largest absolute Gasteiger partial charge is 0.349 e. The van der Waals surface area contributed by atoms with Crippen LogP contribution in [0.15, 0.2) is 43.1 Å². The van der Waals surface area contributed by atoms with E-state index in [9.17, 15) is 0 Å². The van der Waals surface area contributed by atoms with Gasteiger partial charge in [-0.05, 0) is 29.0 Å². The second kappa shape index (κ2) is 5.78. The number of allylic oxidation sites excluding steroid dienone is 1. The van der Waals surface area contributed by atoms with E-state index in [0.717, 1.165) is 6.54 Å². The molecule has 0 aliphatic rings. The number of hydrogen-bond donors (Lipinski definition) is 1. The van der Waals surface area contributed by atoms with Gasteiger partial charge in [-0.3, -0.25) is 0 Å². The topological polar surface area (TPSA) is 60.6 Å². The molecule has 0 atom stereocenters. The summed E-state index contributed by atoms with van der Waals surface area (Å²) in [5.41, 5.74) is 2.49. The molecule has 0 unspecified atom stereocenters. The Bertz CT molecular complexity index is 754. The highest BCUT2D eigenvalue weighted by Crippen LogP contribution is 2.22. The molecule has 0 radical (unpaired) electrons. The molecule has 3 aromatic rings. The second-order valence-corrected chi connectivity index (χ2v) is 4.78. The Morgan fingerprint density at radius 2 is 2.19 bits per heavy atom. The average Bonchev–Trinajstić information content (AvgIpc) is 3.10. The van der Waals surface area contributed by atoms with Gasteiger partial charge in [0.15, 0.2) is 0 Å². The third-order valence-electron chi connectivity index (χ3n) is 3.48. The maximum absolute atomic E-state index is 3.99. The lowest BCUT2D eigenvalue weighted by Crippen LogP contribution is -2.08. The van der Waals surface area contributed by atoms with E-state index in [0.29, 0.717) is 19.0 Å². The normalized spacial score (nSPS) is 10.9. The summed E-state index contributed by atoms with van der Waals surface area (Å²) in [5, 5.41) is 16.1. The third kappa shape index (κ3) is 2.52. The Labute approximate surface area is 123 Å². The average molecular weight is 282 g/mol. The molecule has 1 N–H and O–H groups in total. The molecular formula is C15H18N6. The minimum absolute atomic E-state index is 0.589. The SMILES string of the molecule is C=CCn1nnnc1NCc1cn(CC)c2ccccc12. The van der Waals surface area contributed by atoms with E-state index in [1.54, 1.807) is 10.8 Å². The van der Waals surface area contributed by atoms with Crippen LogP contribution in [0.4, 0.5) is 5.95 Å². The molecule has 0 spiro atoms. The van der Waals surface area contributed by atoms with Gasteiger partial charge in [-0.15, -0.1) is 6.58 Å². The standard InChI is InChI=1S/C15H18N6/c1-3-9-21-15(17-18-19-21)16-10-12-11-20(4-2)14-8-6-5-7-13(12)14/h3,5-8,11H,1,4,9-10H2,2H3,(H,16,17,19). The molecule has 6 nitrogen and oxygen atoms in total. The van der Waals surface area contributed by atoms with Gasteiger partial charge in [-0.1, -0.05) is 29.4 Å². The predicted octanol–water partition coefficient (Wildman–Crippen LogP) is 2.45. The summed E-state index contributed by atoms with van der Waals surface area (Å²) in [5.74, 6) is 0.656. The van der Waals surface area contributed by atoms with Crippen molar-refractivity contribution < 1.29 is 0 Å². The van der Waals surface area contributed by atoms with Gasteiger partial charge in [0.05, 0.1) is 6.54 Å². The van der Waals surface area contributed by atoms with Gasteiger partial charge >= 0.3 is 0 Å². The zero-order valence-corrected chi connectivity index (χ0v) is 12.0. The van der Waals surface area contributed by atoms with E-state index in [2.05, 4.69) is 69.4 Å². The Kier molecular flexibility index (Phi) is 3.68. The number of tetrazole rings is 1. The maximum atomic E-state index is 3.99. The molecule has 2 aromatic heterocycles. The predicted molar refractivity (Wildman–Crippen MR) is 83.0 cm³/mol. The van der Waals surface area contributed by atoms with Gasteiger partial charge in [0.1, 0.15) is 0 Å². The van der Waals surface area contributed by atoms with Crippen LogP contribution in [0.5, 0.6) is 0 Å². The van der Waals surface area contributed by atoms with Crippen LogP contribution in [0, 0.1) is 0 Å². The minimum Gasteiger partial charge on any atom is -0.349 e. The van der Waals surface area contributed by atoms with Gasteiger partial charge in [-0.2, -0.15) is 0 Å². The number of para-hydroxylation sites is 1. The van der Waals surface area contributed by atoms with Gasteiger partial charge in [0.25, 0.3) is 0 Å². The summed E-state index contributed by atoms with van der Waals surface area (Å²) in [7, 11) is 0. The molecule has 0 amide bonds. The first kappa shape index (κ1) is 13.4. The number of aryl methyl sites for hydroxylation is 1. The minimum atomic E-state index is 0.589. The van der Waals surface area contributed by atoms with Crippen molar-refractivity contribution in [2.45, 2.75) is 26.6 Å². The first-order valence-electron chi connectivity index (χ1n) is 7.01. The first-order valence-corrected chi connectivity index (χ1v) is 7.01. The number of anilines is 1. The number of rotatable bonds is 6. The molecule has 0 fully saturated rings. The van der Waals surface area contributed by atoms with Crippen LogP contribution in [-0.2, 0) is 19.6 Å². The van der Waals surface area contributed by atoms with Gasteiger partial charge < -0.3 is 9.88 Å². The lowest BCUT2D eigenvalue weighted by Gasteiger charge is -2.04. The molecule has 0 aliphatic heterocycles. The van der Waals surface area contributed by atoms with Crippen LogP contribution in [0.3, 0.4) is 0 Å². The molecule has 0 bridgehead atoms. The fraction of sp³-hybridized carbons (Fsp3) is 0.267. The summed E-state index contributed by atoms with van der Waals surface area (Å²) in [4.78, 5) is 0. The number of nitrogens with zero attached hydrogens (tertiary/aromatic N) is 5. The molecule has 6 heteroatoms. The van der Waals surface area contributed by atoms with Crippen LogP contribution in [0.2, 0.25) is 0 Å². The van der Waals surface area contributed by atoms with E-state index in [1.807, 2.05) is 0 Å². The number of fused-ring (bicyclic) bond motifs is 1. The first-order chi connectivity index (χ1) is 10.3. The van der Waals surface area contributed by atoms with Crippen molar-refractivity contribution in [3.8, 4) is 0 Å². The Balaban J connectivity index is 1.85. The number of benzene rings is 1. The molecule has 0 saturated heterocycles. The van der Waals surface area contributed by atoms with E-state index in [-0.39, 0.29) is 0 Å². The molecule has 108 valence electrons. The summed E-state index contributed by atoms with van der Waals surface area (Å²) >= 11 is 0. The van der Waals surface area contributed by atoms with Crippen molar-refractivity contribution in [3.05, 3.63) is 48.7 Å². The van der Waals surface area contributed by atoms with Crippen LogP contribution in [0.1, 0.15) is 12.5 Å². The van der Waals surface area contributed by atoms with Crippen LogP contribution in [-0.4, -0.2) is 24.8 Å². The molecule has 2 heterocycles. The molecule has 0 saturated carbocycles. The molecular weight excluding hydrogens is 264 g/mol. The molecule has 0 aliphatic carbocycles. The van der Waals surface area contributed by atoms with Gasteiger partial charge in [0.2, 0.25) is 5.95 Å². The van der Waals surface area contributed by atoms with E-state index in [1.165, 1.54) is 16.5 Å². The Morgan fingerprint density at radius 1 is 1.33 bits per heavy atom. The Morgan fingerprint density at radius 3 is 3.00 bits per heavy atom. The van der Waals surface area contributed by atoms with Gasteiger partial charge in [-0.25, -0.2) is 4.68 Å². The van der Waals surface area contributed by atoms with E-state index in [4.69, 9.17) is 0 Å². The van der Waals surface area contributed by atoms with Crippen molar-refractivity contribution in [2.75, 3.05) is 5.32 Å². The van der Waals surface area contributed by atoms with Crippen molar-refractivity contribution in [3.63, 3.8) is 0 Å². The molecule has 3 rings (SSSR count). The zero-order valence-electron chi connectivity index (χ0n) is 12.0. The van der Waals surface area contributed by atoms with E-state index < -0.39 is 0 Å². The highest BCUT2D eigenvalue weighted by molar-refractivity contribution is 5.84. The van der Waals surface area contributed by atoms with Crippen molar-refractivity contribution >= 4 is 16.9 Å². The lowest BCUT2D eigenvalue weighted by molar-refractivity contribution is 0.663. The van der Waals surface area contributed by atoms with Crippen LogP contribution >= 0.6 is 0 Å². The van der Waals surface area contributed by atoms with Crippen LogP contribution in [0.25, 0.3) is 10.9 Å². The summed E-state index contributed by atoms with van der Waals surface area (Å²) < 4.78 is 3.94. The van der Waals surface area contributed by atoms with Gasteiger partial charge in [0, 0.05) is 30.2 Å². The zero-order chi connectivity index (χ0) is 14.7. The third-order valence-corrected chi connectivity index (χ3v) is 3.48. The fourth-order valence-electron chi connectivity index (χ4n) is 2.48. The number of aromatic nitrogens is 5. The smallest absolute Gasteiger partial charge is 0.243 e. The maximum Gasteiger partial charge on any atom is 0.243 e. The van der Waals surface area contributed by atoms with Crippen molar-refractivity contribution in [2.24, 2.45) is 0 Å². The number of hydrogen-bond acceptors (Lipinski definition) is 4. The molecule has 21 heavy (non-hydrogen) atoms. The van der Waals surface area contributed by atoms with Crippen molar-refractivity contribution in [1.82, 2.24) is 24.8 Å². The highest BCUT2D eigenvalue weighted by atomic mass is 15.6. The van der Waals surface area contributed by atoms with Crippen LogP contribution < -0.4 is 5.32 Å². The highest BCUT2D eigenvalue weighted by Gasteiger charge is 2.09. The van der Waals surface area contributed by atoms with Crippen molar-refractivity contribution in [1.29, 1.82) is 0 Å². The monoisotopic (exact) mass is 282 g/mol. The fourth-order valence-corrected chi connectivity index (χ4v) is 2.48. The van der Waals surface area contributed by atoms with E-state index >= 15 is 0 Å². The summed E-state index contributed by atoms with van der Waals surface area (Å²) in [6.07, 6.45) is 3.95. The Hall–Kier alpha value is -2.63.